The first-order valence-electron chi connectivity index (χ1n) is 13.6. The van der Waals surface area contributed by atoms with Gasteiger partial charge in [-0.25, -0.2) is 0 Å². The molecule has 0 unspecified atom stereocenters. The molecule has 10 nitrogen and oxygen atoms in total. The summed E-state index contributed by atoms with van der Waals surface area (Å²) in [6.45, 7) is 6.18. The van der Waals surface area contributed by atoms with E-state index in [1.54, 1.807) is 43.1 Å². The van der Waals surface area contributed by atoms with Crippen LogP contribution >= 0.6 is 0 Å². The number of aromatic nitrogens is 2. The summed E-state index contributed by atoms with van der Waals surface area (Å²) in [4.78, 5) is 25.6. The van der Waals surface area contributed by atoms with Gasteiger partial charge in [-0.15, -0.1) is 0 Å². The molecule has 5 aliphatic rings. The molecular formula is C31H49N7O3. The lowest BCUT2D eigenvalue weighted by Gasteiger charge is -2.05. The molecule has 41 heavy (non-hydrogen) atoms. The van der Waals surface area contributed by atoms with E-state index in [0.717, 1.165) is 39.3 Å². The summed E-state index contributed by atoms with van der Waals surface area (Å²) in [5.41, 5.74) is -0.0532. The molecule has 0 aromatic carbocycles. The second-order valence-corrected chi connectivity index (χ2v) is 8.19. The van der Waals surface area contributed by atoms with Crippen LogP contribution in [-0.4, -0.2) is 55.2 Å². The van der Waals surface area contributed by atoms with E-state index in [4.69, 9.17) is 4.74 Å². The summed E-state index contributed by atoms with van der Waals surface area (Å²) in [7, 11) is 0. The van der Waals surface area contributed by atoms with E-state index >= 15 is 0 Å². The van der Waals surface area contributed by atoms with E-state index in [2.05, 4.69) is 60.9 Å². The molecule has 2 aromatic heterocycles. The summed E-state index contributed by atoms with van der Waals surface area (Å²) in [5, 5.41) is 14.7. The zero-order valence-corrected chi connectivity index (χ0v) is 23.2. The van der Waals surface area contributed by atoms with Crippen LogP contribution in [0.2, 0.25) is 0 Å². The predicted octanol–water partition coefficient (Wildman–Crippen LogP) is 3.65. The van der Waals surface area contributed by atoms with Crippen LogP contribution in [0.25, 0.3) is 0 Å². The number of rotatable bonds is 0. The van der Waals surface area contributed by atoms with E-state index in [9.17, 15) is 9.59 Å². The van der Waals surface area contributed by atoms with Gasteiger partial charge in [0.2, 0.25) is 11.5 Å². The van der Waals surface area contributed by atoms with Gasteiger partial charge in [0.1, 0.15) is 6.61 Å². The van der Waals surface area contributed by atoms with E-state index < -0.39 is 0 Å². The molecule has 0 saturated carbocycles. The van der Waals surface area contributed by atoms with Gasteiger partial charge >= 0.3 is 0 Å². The largest absolute Gasteiger partial charge is 0.498 e. The fraction of sp³-hybridized carbons (Fsp3) is 0.355. The first-order valence-corrected chi connectivity index (χ1v) is 13.6. The van der Waals surface area contributed by atoms with Crippen molar-refractivity contribution in [3.8, 4) is 0 Å². The highest BCUT2D eigenvalue weighted by Gasteiger charge is 1.97. The minimum Gasteiger partial charge on any atom is -0.498 e. The van der Waals surface area contributed by atoms with Crippen molar-refractivity contribution >= 4 is 5.91 Å². The number of carbonyl (C=O) groups is 1. The summed E-state index contributed by atoms with van der Waals surface area (Å²) in [6, 6.07) is 8.82. The standard InChI is InChI=1S/C5H5NO.C5H9N.C4H7NO.C4H5NO.2C4H7N.C4H5N.CH4/c7-5-3-1-2-4-6-5;1-2-4-6-5-3-1;1-3-6-4-2-5-1;6-4-2-1-3-5-4;3*1-2-4-5-3-1;/h1-4H,(H,6,7);2,4,6H,1,3,5H2;1,3,5H,2,4H2;1,3H,2H2,(H,5,6);1,3,5H,2,4H2;1-2,5H,3-4H2;1-5H;1H4. The van der Waals surface area contributed by atoms with E-state index in [1.807, 2.05) is 36.9 Å². The predicted molar refractivity (Wildman–Crippen MR) is 170 cm³/mol. The maximum atomic E-state index is 10.2. The first-order chi connectivity index (χ1) is 19.8. The Labute approximate surface area is 245 Å². The molecule has 2 aromatic rings. The van der Waals surface area contributed by atoms with Gasteiger partial charge in [-0.3, -0.25) is 9.59 Å². The van der Waals surface area contributed by atoms with Gasteiger partial charge in [-0.2, -0.15) is 0 Å². The Bertz CT molecular complexity index is 919. The third kappa shape index (κ3) is 28.4. The summed E-state index contributed by atoms with van der Waals surface area (Å²) >= 11 is 0. The van der Waals surface area contributed by atoms with Crippen LogP contribution in [0.15, 0.2) is 115 Å². The molecule has 226 valence electrons. The Morgan fingerprint density at radius 3 is 1.59 bits per heavy atom. The molecule has 0 bridgehead atoms. The van der Waals surface area contributed by atoms with Crippen molar-refractivity contribution in [2.24, 2.45) is 0 Å². The SMILES string of the molecule is C.C1=CCNC1.C1=CNCC1.C1=CNCCC1.C1=COCCN1.O=C1CC=CN1.O=c1cccc[nH]1.c1cc[nH]c1. The molecule has 10 heteroatoms. The Morgan fingerprint density at radius 2 is 1.39 bits per heavy atom. The van der Waals surface area contributed by atoms with Crippen LogP contribution in [0.1, 0.15) is 33.1 Å². The number of allylic oxidation sites excluding steroid dienone is 1. The lowest BCUT2D eigenvalue weighted by Crippen LogP contribution is -2.16. The molecule has 0 radical (unpaired) electrons. The smallest absolute Gasteiger partial charge is 0.247 e. The van der Waals surface area contributed by atoms with Gasteiger partial charge in [0.15, 0.2) is 0 Å². The number of hydrogen-bond donors (Lipinski definition) is 7. The van der Waals surface area contributed by atoms with Crippen molar-refractivity contribution in [3.05, 3.63) is 121 Å². The highest BCUT2D eigenvalue weighted by molar-refractivity contribution is 5.80. The molecule has 7 N–H and O–H groups in total. The Balaban J connectivity index is 0.000000455. The minimum atomic E-state index is -0.0532. The van der Waals surface area contributed by atoms with Crippen molar-refractivity contribution in [3.63, 3.8) is 0 Å². The maximum Gasteiger partial charge on any atom is 0.247 e. The van der Waals surface area contributed by atoms with Crippen LogP contribution in [0.3, 0.4) is 0 Å². The third-order valence-corrected chi connectivity index (χ3v) is 4.80. The Hall–Kier alpha value is -4.44. The van der Waals surface area contributed by atoms with Crippen LogP contribution in [0.5, 0.6) is 0 Å². The van der Waals surface area contributed by atoms with Crippen LogP contribution in [-0.2, 0) is 9.53 Å². The van der Waals surface area contributed by atoms with Crippen LogP contribution in [0, 0.1) is 0 Å². The quantitative estimate of drug-likeness (QED) is 0.242. The molecule has 0 saturated heterocycles. The lowest BCUT2D eigenvalue weighted by molar-refractivity contribution is -0.118. The number of aromatic amines is 2. The van der Waals surface area contributed by atoms with Crippen LogP contribution < -0.4 is 32.1 Å². The van der Waals surface area contributed by atoms with Crippen molar-refractivity contribution in [1.82, 2.24) is 36.6 Å². The molecule has 0 spiro atoms. The zero-order valence-electron chi connectivity index (χ0n) is 23.2. The molecule has 7 heterocycles. The average Bonchev–Trinajstić information content (AvgIpc) is 3.87. The number of ether oxygens (including phenoxy) is 1. The highest BCUT2D eigenvalue weighted by Crippen LogP contribution is 1.92. The fourth-order valence-electron chi connectivity index (χ4n) is 2.80. The first kappa shape index (κ1) is 36.6. The Morgan fingerprint density at radius 1 is 0.683 bits per heavy atom. The lowest BCUT2D eigenvalue weighted by atomic mass is 10.2. The topological polar surface area (TPSA) is 135 Å². The van der Waals surface area contributed by atoms with Crippen LogP contribution in [0.4, 0.5) is 0 Å². The summed E-state index contributed by atoms with van der Waals surface area (Å²) in [5.74, 6) is 0.0926. The number of hydrogen-bond acceptors (Lipinski definition) is 7. The molecule has 0 aliphatic carbocycles. The van der Waals surface area contributed by atoms with Gasteiger partial charge in [-0.05, 0) is 49.9 Å². The monoisotopic (exact) mass is 567 g/mol. The van der Waals surface area contributed by atoms with Crippen molar-refractivity contribution in [1.29, 1.82) is 0 Å². The zero-order chi connectivity index (χ0) is 28.6. The van der Waals surface area contributed by atoms with Crippen molar-refractivity contribution in [2.75, 3.05) is 39.3 Å². The molecule has 0 fully saturated rings. The summed E-state index contributed by atoms with van der Waals surface area (Å²) < 4.78 is 4.83. The number of nitrogens with one attached hydrogen (secondary N) is 7. The average molecular weight is 568 g/mol. The van der Waals surface area contributed by atoms with Crippen molar-refractivity contribution in [2.45, 2.75) is 33.1 Å². The van der Waals surface area contributed by atoms with Crippen molar-refractivity contribution < 1.29 is 9.53 Å². The molecule has 1 amide bonds. The Kier molecular flexibility index (Phi) is 26.8. The number of carbonyl (C=O) groups excluding carboxylic acids is 1. The number of H-pyrrole nitrogens is 2. The molecular weight excluding hydrogens is 518 g/mol. The molecule has 5 aliphatic heterocycles. The molecule has 0 atom stereocenters. The number of pyridine rings is 1. The second-order valence-electron chi connectivity index (χ2n) is 8.19. The van der Waals surface area contributed by atoms with E-state index in [1.165, 1.54) is 25.3 Å². The van der Waals surface area contributed by atoms with Gasteiger partial charge in [0, 0.05) is 76.2 Å². The van der Waals surface area contributed by atoms with E-state index in [0.29, 0.717) is 6.42 Å². The second kappa shape index (κ2) is 30.1. The fourth-order valence-corrected chi connectivity index (χ4v) is 2.80. The molecule has 7 rings (SSSR count). The normalized spacial score (nSPS) is 15.7. The van der Waals surface area contributed by atoms with Gasteiger partial charge in [0.25, 0.3) is 0 Å². The highest BCUT2D eigenvalue weighted by atomic mass is 16.5. The van der Waals surface area contributed by atoms with E-state index in [-0.39, 0.29) is 18.9 Å². The summed E-state index contributed by atoms with van der Waals surface area (Å²) in [6.07, 6.45) is 29.1. The van der Waals surface area contributed by atoms with Gasteiger partial charge in [-0.1, -0.05) is 43.9 Å². The number of amides is 1. The third-order valence-electron chi connectivity index (χ3n) is 4.80. The van der Waals surface area contributed by atoms with Gasteiger partial charge in [0.05, 0.1) is 6.26 Å². The van der Waals surface area contributed by atoms with Gasteiger partial charge < -0.3 is 41.3 Å². The maximum absolute atomic E-state index is 10.2. The minimum absolute atomic E-state index is 0.